The van der Waals surface area contributed by atoms with Crippen LogP contribution in [0, 0.1) is 10.1 Å². The van der Waals surface area contributed by atoms with Crippen LogP contribution in [0.25, 0.3) is 6.08 Å². The van der Waals surface area contributed by atoms with Gasteiger partial charge in [-0.3, -0.25) is 14.9 Å². The summed E-state index contributed by atoms with van der Waals surface area (Å²) in [6.45, 7) is 0. The molecule has 1 aliphatic rings. The van der Waals surface area contributed by atoms with Crippen molar-refractivity contribution in [1.82, 2.24) is 0 Å². The number of anilines is 1. The van der Waals surface area contributed by atoms with Crippen LogP contribution in [0.2, 0.25) is 5.02 Å². The molecule has 0 radical (unpaired) electrons. The fourth-order valence-corrected chi connectivity index (χ4v) is 4.69. The van der Waals surface area contributed by atoms with Crippen LogP contribution in [0.4, 0.5) is 11.4 Å². The minimum absolute atomic E-state index is 0.0288. The Morgan fingerprint density at radius 2 is 1.83 bits per heavy atom. The van der Waals surface area contributed by atoms with Crippen molar-refractivity contribution in [2.45, 2.75) is 14.7 Å². The van der Waals surface area contributed by atoms with Crippen molar-refractivity contribution in [1.29, 1.82) is 0 Å². The van der Waals surface area contributed by atoms with E-state index in [1.165, 1.54) is 35.7 Å². The zero-order valence-corrected chi connectivity index (χ0v) is 17.2. The highest BCUT2D eigenvalue weighted by Crippen LogP contribution is 2.40. The molecule has 0 saturated heterocycles. The number of fused-ring (bicyclic) bond motifs is 1. The van der Waals surface area contributed by atoms with E-state index in [0.29, 0.717) is 15.5 Å². The van der Waals surface area contributed by atoms with E-state index < -0.39 is 4.92 Å². The first kappa shape index (κ1) is 19.6. The number of thioether (sulfide) groups is 1. The predicted octanol–water partition coefficient (Wildman–Crippen LogP) is 6.48. The Kier molecular flexibility index (Phi) is 5.62. The van der Waals surface area contributed by atoms with Crippen LogP contribution in [0.3, 0.4) is 0 Å². The smallest absolute Gasteiger partial charge is 0.270 e. The Bertz CT molecular complexity index is 1150. The zero-order valence-electron chi connectivity index (χ0n) is 14.8. The molecule has 0 aromatic heterocycles. The average Bonchev–Trinajstić information content (AvgIpc) is 2.71. The lowest BCUT2D eigenvalue weighted by Crippen LogP contribution is -2.17. The molecule has 3 aromatic rings. The van der Waals surface area contributed by atoms with Crippen LogP contribution in [0.1, 0.15) is 5.56 Å². The van der Waals surface area contributed by atoms with Crippen molar-refractivity contribution in [3.05, 3.63) is 92.3 Å². The number of nitro groups is 1. The third-order valence-electron chi connectivity index (χ3n) is 4.11. The van der Waals surface area contributed by atoms with Gasteiger partial charge < -0.3 is 5.32 Å². The molecule has 0 spiro atoms. The quantitative estimate of drug-likeness (QED) is 0.285. The number of halogens is 1. The normalized spacial score (nSPS) is 14.4. The standard InChI is InChI=1S/C21H13ClN2O3S2/c22-14-5-8-16(9-6-14)28-18-10-7-15(24(26)27)11-13(18)12-20-21(25)23-17-3-1-2-4-19(17)29-20/h1-12H,(H,23,25)/b20-12+. The molecule has 0 saturated carbocycles. The highest BCUT2D eigenvalue weighted by atomic mass is 35.5. The Morgan fingerprint density at radius 1 is 1.07 bits per heavy atom. The molecule has 1 heterocycles. The van der Waals surface area contributed by atoms with Gasteiger partial charge in [0.2, 0.25) is 0 Å². The van der Waals surface area contributed by atoms with E-state index in [1.54, 1.807) is 24.3 Å². The summed E-state index contributed by atoms with van der Waals surface area (Å²) in [6, 6.07) is 19.5. The summed E-state index contributed by atoms with van der Waals surface area (Å²) in [7, 11) is 0. The number of nitrogens with one attached hydrogen (secondary N) is 1. The number of para-hydroxylation sites is 1. The molecule has 0 bridgehead atoms. The molecular weight excluding hydrogens is 428 g/mol. The molecule has 0 atom stereocenters. The lowest BCUT2D eigenvalue weighted by molar-refractivity contribution is -0.384. The molecule has 0 fully saturated rings. The van der Waals surface area contributed by atoms with E-state index in [9.17, 15) is 14.9 Å². The minimum atomic E-state index is -0.442. The average molecular weight is 441 g/mol. The van der Waals surface area contributed by atoms with Crippen LogP contribution in [-0.2, 0) is 4.79 Å². The fraction of sp³-hybridized carbons (Fsp3) is 0. The van der Waals surface area contributed by atoms with Gasteiger partial charge in [-0.05, 0) is 54.1 Å². The summed E-state index contributed by atoms with van der Waals surface area (Å²) in [6.07, 6.45) is 1.70. The topological polar surface area (TPSA) is 72.2 Å². The van der Waals surface area contributed by atoms with Gasteiger partial charge in [-0.25, -0.2) is 0 Å². The van der Waals surface area contributed by atoms with Gasteiger partial charge in [0.15, 0.2) is 0 Å². The van der Waals surface area contributed by atoms with Gasteiger partial charge >= 0.3 is 0 Å². The lowest BCUT2D eigenvalue weighted by atomic mass is 10.2. The summed E-state index contributed by atoms with van der Waals surface area (Å²) in [5.74, 6) is -0.234. The molecule has 144 valence electrons. The number of carbonyl (C=O) groups is 1. The van der Waals surface area contributed by atoms with Gasteiger partial charge in [-0.2, -0.15) is 0 Å². The minimum Gasteiger partial charge on any atom is -0.320 e. The van der Waals surface area contributed by atoms with Crippen molar-refractivity contribution < 1.29 is 9.72 Å². The molecule has 1 amide bonds. The number of nitrogens with zero attached hydrogens (tertiary/aromatic N) is 1. The van der Waals surface area contributed by atoms with E-state index in [0.717, 1.165) is 20.4 Å². The fourth-order valence-electron chi connectivity index (χ4n) is 2.73. The Morgan fingerprint density at radius 3 is 2.59 bits per heavy atom. The van der Waals surface area contributed by atoms with Crippen molar-refractivity contribution >= 4 is 58.5 Å². The maximum absolute atomic E-state index is 12.5. The first-order valence-corrected chi connectivity index (χ1v) is 10.5. The highest BCUT2D eigenvalue weighted by molar-refractivity contribution is 8.04. The van der Waals surface area contributed by atoms with Crippen LogP contribution in [0.15, 0.2) is 86.3 Å². The summed E-state index contributed by atoms with van der Waals surface area (Å²) >= 11 is 8.74. The second kappa shape index (κ2) is 8.32. The molecule has 5 nitrogen and oxygen atoms in total. The van der Waals surface area contributed by atoms with E-state index in [1.807, 2.05) is 36.4 Å². The Labute approximate surface area is 180 Å². The predicted molar refractivity (Wildman–Crippen MR) is 118 cm³/mol. The third kappa shape index (κ3) is 4.48. The highest BCUT2D eigenvalue weighted by Gasteiger charge is 2.21. The first-order valence-electron chi connectivity index (χ1n) is 8.51. The van der Waals surface area contributed by atoms with E-state index in [4.69, 9.17) is 11.6 Å². The summed E-state index contributed by atoms with van der Waals surface area (Å²) in [5, 5.41) is 14.8. The summed E-state index contributed by atoms with van der Waals surface area (Å²) in [4.78, 5) is 26.5. The molecule has 3 aromatic carbocycles. The van der Waals surface area contributed by atoms with Crippen molar-refractivity contribution in [3.8, 4) is 0 Å². The van der Waals surface area contributed by atoms with Gasteiger partial charge in [0.1, 0.15) is 0 Å². The number of benzene rings is 3. The molecule has 8 heteroatoms. The number of non-ortho nitro benzene ring substituents is 1. The van der Waals surface area contributed by atoms with E-state index in [2.05, 4.69) is 5.32 Å². The maximum Gasteiger partial charge on any atom is 0.270 e. The monoisotopic (exact) mass is 440 g/mol. The number of carbonyl (C=O) groups excluding carboxylic acids is 1. The number of hydrogen-bond donors (Lipinski definition) is 1. The summed E-state index contributed by atoms with van der Waals surface area (Å²) in [5.41, 5.74) is 1.34. The third-order valence-corrected chi connectivity index (χ3v) is 6.56. The molecule has 0 aliphatic carbocycles. The zero-order chi connectivity index (χ0) is 20.4. The SMILES string of the molecule is O=C1Nc2ccccc2S/C1=C/c1cc([N+](=O)[O-])ccc1Sc1ccc(Cl)cc1. The Balaban J connectivity index is 1.73. The first-order chi connectivity index (χ1) is 14.0. The van der Waals surface area contributed by atoms with Crippen molar-refractivity contribution in [2.24, 2.45) is 0 Å². The van der Waals surface area contributed by atoms with Gasteiger partial charge in [-0.15, -0.1) is 0 Å². The molecule has 29 heavy (non-hydrogen) atoms. The van der Waals surface area contributed by atoms with Crippen molar-refractivity contribution in [2.75, 3.05) is 5.32 Å². The number of amides is 1. The van der Waals surface area contributed by atoms with E-state index >= 15 is 0 Å². The van der Waals surface area contributed by atoms with Crippen LogP contribution < -0.4 is 5.32 Å². The van der Waals surface area contributed by atoms with Gasteiger partial charge in [0.25, 0.3) is 11.6 Å². The van der Waals surface area contributed by atoms with Crippen LogP contribution in [-0.4, -0.2) is 10.8 Å². The molecular formula is C21H13ClN2O3S2. The molecule has 4 rings (SSSR count). The molecule has 1 N–H and O–H groups in total. The van der Waals surface area contributed by atoms with Gasteiger partial charge in [0.05, 0.1) is 15.5 Å². The van der Waals surface area contributed by atoms with Gasteiger partial charge in [0, 0.05) is 31.8 Å². The number of nitro benzene ring substituents is 1. The molecule has 0 unspecified atom stereocenters. The van der Waals surface area contributed by atoms with Crippen LogP contribution in [0.5, 0.6) is 0 Å². The largest absolute Gasteiger partial charge is 0.320 e. The number of rotatable bonds is 4. The number of hydrogen-bond acceptors (Lipinski definition) is 5. The van der Waals surface area contributed by atoms with Gasteiger partial charge in [-0.1, -0.05) is 47.3 Å². The lowest BCUT2D eigenvalue weighted by Gasteiger charge is -2.18. The second-order valence-electron chi connectivity index (χ2n) is 6.10. The van der Waals surface area contributed by atoms with Crippen molar-refractivity contribution in [3.63, 3.8) is 0 Å². The van der Waals surface area contributed by atoms with Crippen LogP contribution >= 0.6 is 35.1 Å². The maximum atomic E-state index is 12.5. The molecule has 1 aliphatic heterocycles. The van der Waals surface area contributed by atoms with E-state index in [-0.39, 0.29) is 11.6 Å². The Hall–Kier alpha value is -2.74. The summed E-state index contributed by atoms with van der Waals surface area (Å²) < 4.78 is 0. The second-order valence-corrected chi connectivity index (χ2v) is 8.73.